The van der Waals surface area contributed by atoms with Gasteiger partial charge in [-0.15, -0.1) is 0 Å². The van der Waals surface area contributed by atoms with Gasteiger partial charge < -0.3 is 5.11 Å². The van der Waals surface area contributed by atoms with E-state index in [4.69, 9.17) is 5.11 Å². The summed E-state index contributed by atoms with van der Waals surface area (Å²) in [7, 11) is -3.64. The number of aryl methyl sites for hydroxylation is 1. The largest absolute Gasteiger partial charge is 0.481 e. The minimum Gasteiger partial charge on any atom is -0.481 e. The molecule has 3 rings (SSSR count). The maximum absolute atomic E-state index is 12.9. The average molecular weight is 333 g/mol. The van der Waals surface area contributed by atoms with Gasteiger partial charge in [-0.2, -0.15) is 0 Å². The van der Waals surface area contributed by atoms with Gasteiger partial charge in [-0.25, -0.2) is 12.4 Å². The van der Waals surface area contributed by atoms with Crippen LogP contribution in [0, 0.1) is 6.92 Å². The van der Waals surface area contributed by atoms with Gasteiger partial charge in [0.25, 0.3) is 10.0 Å². The lowest BCUT2D eigenvalue weighted by Gasteiger charge is -2.23. The van der Waals surface area contributed by atoms with Crippen molar-refractivity contribution in [3.63, 3.8) is 0 Å². The summed E-state index contributed by atoms with van der Waals surface area (Å²) in [5.41, 5.74) is 2.58. The lowest BCUT2D eigenvalue weighted by molar-refractivity contribution is -0.137. The van der Waals surface area contributed by atoms with Gasteiger partial charge in [0, 0.05) is 11.9 Å². The molecule has 0 saturated carbocycles. The lowest BCUT2D eigenvalue weighted by atomic mass is 9.85. The third kappa shape index (κ3) is 2.91. The van der Waals surface area contributed by atoms with E-state index in [-0.39, 0.29) is 17.2 Å². The third-order valence-corrected chi connectivity index (χ3v) is 6.12. The van der Waals surface area contributed by atoms with Crippen LogP contribution in [-0.4, -0.2) is 23.5 Å². The zero-order valence-corrected chi connectivity index (χ0v) is 13.7. The summed E-state index contributed by atoms with van der Waals surface area (Å²) in [6.07, 6.45) is 3.84. The summed E-state index contributed by atoms with van der Waals surface area (Å²) in [5.74, 6) is -0.956. The summed E-state index contributed by atoms with van der Waals surface area (Å²) in [4.78, 5) is 11.3. The second-order valence-corrected chi connectivity index (χ2v) is 7.83. The van der Waals surface area contributed by atoms with Crippen LogP contribution >= 0.6 is 0 Å². The van der Waals surface area contributed by atoms with Crippen molar-refractivity contribution in [1.29, 1.82) is 0 Å². The van der Waals surface area contributed by atoms with E-state index in [1.807, 2.05) is 6.92 Å². The smallest absolute Gasteiger partial charge is 0.303 e. The molecule has 2 aromatic rings. The first-order valence-electron chi connectivity index (χ1n) is 7.64. The number of carbonyl (C=O) groups is 1. The Morgan fingerprint density at radius 2 is 1.96 bits per heavy atom. The van der Waals surface area contributed by atoms with E-state index in [1.54, 1.807) is 36.5 Å². The molecule has 0 aliphatic heterocycles. The Balaban J connectivity index is 2.03. The van der Waals surface area contributed by atoms with Crippen molar-refractivity contribution in [2.24, 2.45) is 0 Å². The fourth-order valence-electron chi connectivity index (χ4n) is 3.23. The molecule has 0 amide bonds. The van der Waals surface area contributed by atoms with E-state index < -0.39 is 16.0 Å². The number of fused-ring (bicyclic) bond motifs is 1. The minimum absolute atomic E-state index is 0.0432. The van der Waals surface area contributed by atoms with Gasteiger partial charge in [-0.1, -0.05) is 17.7 Å². The molecule has 1 aliphatic carbocycles. The number of rotatable bonds is 4. The number of nitrogens with zero attached hydrogens (tertiary/aromatic N) is 1. The summed E-state index contributed by atoms with van der Waals surface area (Å²) in [6, 6.07) is 8.52. The van der Waals surface area contributed by atoms with E-state index in [9.17, 15) is 13.2 Å². The van der Waals surface area contributed by atoms with E-state index in [0.29, 0.717) is 6.42 Å². The monoisotopic (exact) mass is 333 g/mol. The van der Waals surface area contributed by atoms with Gasteiger partial charge >= 0.3 is 5.97 Å². The van der Waals surface area contributed by atoms with Crippen LogP contribution in [0.5, 0.6) is 0 Å². The van der Waals surface area contributed by atoms with Crippen LogP contribution in [0.1, 0.15) is 42.0 Å². The molecular formula is C17H19NO4S. The molecule has 1 heterocycles. The van der Waals surface area contributed by atoms with E-state index in [2.05, 4.69) is 0 Å². The van der Waals surface area contributed by atoms with E-state index in [1.165, 1.54) is 3.97 Å². The second kappa shape index (κ2) is 5.85. The molecule has 0 bridgehead atoms. The fraction of sp³-hybridized carbons (Fsp3) is 0.353. The molecule has 0 spiro atoms. The zero-order valence-electron chi connectivity index (χ0n) is 12.9. The number of aromatic nitrogens is 1. The molecule has 0 saturated heterocycles. The number of benzene rings is 1. The standard InChI is InChI=1S/C17H19NO4S/c1-12-5-7-14(8-6-12)23(21,22)18-10-9-15-13(11-17(19)20)3-2-4-16(15)18/h5-10,13H,2-4,11H2,1H3,(H,19,20). The lowest BCUT2D eigenvalue weighted by Crippen LogP contribution is -2.19. The van der Waals surface area contributed by atoms with Gasteiger partial charge in [0.1, 0.15) is 0 Å². The maximum Gasteiger partial charge on any atom is 0.303 e. The molecule has 1 atom stereocenters. The van der Waals surface area contributed by atoms with Crippen molar-refractivity contribution in [3.05, 3.63) is 53.3 Å². The first kappa shape index (κ1) is 15.8. The Morgan fingerprint density at radius 3 is 2.61 bits per heavy atom. The van der Waals surface area contributed by atoms with Crippen LogP contribution < -0.4 is 0 Å². The minimum atomic E-state index is -3.64. The molecule has 23 heavy (non-hydrogen) atoms. The molecule has 1 unspecified atom stereocenters. The van der Waals surface area contributed by atoms with Crippen molar-refractivity contribution >= 4 is 16.0 Å². The Labute approximate surface area is 135 Å². The molecule has 1 aliphatic rings. The number of hydrogen-bond acceptors (Lipinski definition) is 3. The first-order valence-corrected chi connectivity index (χ1v) is 9.08. The molecular weight excluding hydrogens is 314 g/mol. The maximum atomic E-state index is 12.9. The van der Waals surface area contributed by atoms with Gasteiger partial charge in [0.05, 0.1) is 11.3 Å². The summed E-state index contributed by atoms with van der Waals surface area (Å²) < 4.78 is 27.0. The number of hydrogen-bond donors (Lipinski definition) is 1. The van der Waals surface area contributed by atoms with Crippen molar-refractivity contribution < 1.29 is 18.3 Å². The van der Waals surface area contributed by atoms with Crippen molar-refractivity contribution in [2.75, 3.05) is 0 Å². The normalized spacial score (nSPS) is 17.7. The SMILES string of the molecule is Cc1ccc(S(=O)(=O)n2ccc3c2CCCC3CC(=O)O)cc1. The molecule has 1 aromatic carbocycles. The van der Waals surface area contributed by atoms with Crippen LogP contribution in [0.25, 0.3) is 0 Å². The molecule has 0 fully saturated rings. The summed E-state index contributed by atoms with van der Waals surface area (Å²) >= 11 is 0. The average Bonchev–Trinajstić information content (AvgIpc) is 2.93. The fourth-order valence-corrected chi connectivity index (χ4v) is 4.65. The highest BCUT2D eigenvalue weighted by Crippen LogP contribution is 2.36. The third-order valence-electron chi connectivity index (χ3n) is 4.39. The Hall–Kier alpha value is -2.08. The first-order chi connectivity index (χ1) is 10.9. The predicted octanol–water partition coefficient (Wildman–Crippen LogP) is 2.93. The van der Waals surface area contributed by atoms with Gasteiger partial charge in [0.2, 0.25) is 0 Å². The Morgan fingerprint density at radius 1 is 1.26 bits per heavy atom. The topological polar surface area (TPSA) is 76.4 Å². The Bertz CT molecular complexity index is 834. The second-order valence-electron chi connectivity index (χ2n) is 6.02. The molecule has 122 valence electrons. The highest BCUT2D eigenvalue weighted by atomic mass is 32.2. The van der Waals surface area contributed by atoms with Crippen LogP contribution in [-0.2, 0) is 21.2 Å². The zero-order chi connectivity index (χ0) is 16.6. The summed E-state index contributed by atoms with van der Waals surface area (Å²) in [6.45, 7) is 1.91. The summed E-state index contributed by atoms with van der Waals surface area (Å²) in [5, 5.41) is 9.04. The van der Waals surface area contributed by atoms with Crippen LogP contribution in [0.4, 0.5) is 0 Å². The molecule has 1 aromatic heterocycles. The predicted molar refractivity (Wildman–Crippen MR) is 86.1 cm³/mol. The number of aliphatic carboxylic acids is 1. The number of carboxylic acids is 1. The van der Waals surface area contributed by atoms with E-state index in [0.717, 1.165) is 29.7 Å². The van der Waals surface area contributed by atoms with Gasteiger partial charge in [0.15, 0.2) is 0 Å². The van der Waals surface area contributed by atoms with E-state index >= 15 is 0 Å². The van der Waals surface area contributed by atoms with Gasteiger partial charge in [-0.05, 0) is 55.9 Å². The van der Waals surface area contributed by atoms with Crippen LogP contribution in [0.15, 0.2) is 41.4 Å². The highest BCUT2D eigenvalue weighted by molar-refractivity contribution is 7.90. The molecule has 5 nitrogen and oxygen atoms in total. The van der Waals surface area contributed by atoms with Crippen LogP contribution in [0.3, 0.4) is 0 Å². The van der Waals surface area contributed by atoms with Crippen molar-refractivity contribution in [2.45, 2.75) is 43.4 Å². The quantitative estimate of drug-likeness (QED) is 0.933. The molecule has 1 N–H and O–H groups in total. The van der Waals surface area contributed by atoms with Crippen molar-refractivity contribution in [3.8, 4) is 0 Å². The number of carboxylic acid groups (broad SMARTS) is 1. The van der Waals surface area contributed by atoms with Gasteiger partial charge in [-0.3, -0.25) is 4.79 Å². The molecule has 6 heteroatoms. The molecule has 0 radical (unpaired) electrons. The van der Waals surface area contributed by atoms with Crippen LogP contribution in [0.2, 0.25) is 0 Å². The Kier molecular flexibility index (Phi) is 4.02. The van der Waals surface area contributed by atoms with Crippen molar-refractivity contribution in [1.82, 2.24) is 3.97 Å². The highest BCUT2D eigenvalue weighted by Gasteiger charge is 2.29.